The molecule has 2 aromatic carbocycles. The Hall–Kier alpha value is -3.32. The quantitative estimate of drug-likeness (QED) is 0.679. The summed E-state index contributed by atoms with van der Waals surface area (Å²) in [5.41, 5.74) is 8.03. The zero-order valence-electron chi connectivity index (χ0n) is 16.3. The Morgan fingerprint density at radius 2 is 1.93 bits per heavy atom. The minimum absolute atomic E-state index is 0.0697. The molecule has 7 heteroatoms. The topological polar surface area (TPSA) is 71.2 Å². The van der Waals surface area contributed by atoms with Crippen molar-refractivity contribution in [3.63, 3.8) is 0 Å². The van der Waals surface area contributed by atoms with Crippen LogP contribution in [-0.4, -0.2) is 30.0 Å². The van der Waals surface area contributed by atoms with Gasteiger partial charge < -0.3 is 16.0 Å². The minimum atomic E-state index is -0.660. The summed E-state index contributed by atoms with van der Waals surface area (Å²) in [7, 11) is 0. The highest BCUT2D eigenvalue weighted by molar-refractivity contribution is 6.06. The van der Waals surface area contributed by atoms with Gasteiger partial charge >= 0.3 is 0 Å². The number of hydrogen-bond acceptors (Lipinski definition) is 4. The molecule has 1 amide bonds. The summed E-state index contributed by atoms with van der Waals surface area (Å²) in [5.74, 6) is -1.64. The predicted molar refractivity (Wildman–Crippen MR) is 113 cm³/mol. The van der Waals surface area contributed by atoms with Crippen LogP contribution in [0.5, 0.6) is 0 Å². The van der Waals surface area contributed by atoms with Gasteiger partial charge in [0.1, 0.15) is 11.6 Å². The van der Waals surface area contributed by atoms with E-state index in [0.717, 1.165) is 25.1 Å². The Balaban J connectivity index is 1.61. The van der Waals surface area contributed by atoms with Crippen LogP contribution < -0.4 is 16.0 Å². The van der Waals surface area contributed by atoms with E-state index in [1.807, 2.05) is 6.07 Å². The van der Waals surface area contributed by atoms with Crippen LogP contribution in [0.3, 0.4) is 0 Å². The molecule has 1 saturated heterocycles. The number of rotatable bonds is 4. The monoisotopic (exact) mass is 408 g/mol. The molecule has 5 nitrogen and oxygen atoms in total. The zero-order valence-corrected chi connectivity index (χ0v) is 16.3. The van der Waals surface area contributed by atoms with Crippen LogP contribution in [0, 0.1) is 11.6 Å². The number of aromatic nitrogens is 1. The summed E-state index contributed by atoms with van der Waals surface area (Å²) >= 11 is 0. The van der Waals surface area contributed by atoms with Gasteiger partial charge in [-0.15, -0.1) is 0 Å². The van der Waals surface area contributed by atoms with E-state index in [1.54, 1.807) is 24.5 Å². The normalized spacial score (nSPS) is 16.4. The maximum absolute atomic E-state index is 15.1. The molecule has 1 atom stereocenters. The van der Waals surface area contributed by atoms with Crippen molar-refractivity contribution >= 4 is 17.3 Å². The van der Waals surface area contributed by atoms with Crippen molar-refractivity contribution in [2.75, 3.05) is 23.3 Å². The largest absolute Gasteiger partial charge is 0.368 e. The van der Waals surface area contributed by atoms with Crippen LogP contribution in [0.15, 0.2) is 60.9 Å². The first-order valence-electron chi connectivity index (χ1n) is 9.83. The molecular formula is C23H22F2N4O. The number of benzene rings is 2. The van der Waals surface area contributed by atoms with Gasteiger partial charge in [0.15, 0.2) is 0 Å². The molecule has 154 valence electrons. The third kappa shape index (κ3) is 4.16. The SMILES string of the molecule is N[C@H]1CCCN(c2ccncc2NC(=O)c2cccc(-c3ccc(F)cc3)c2F)C1. The standard InChI is InChI=1S/C23H22F2N4O/c24-16-8-6-15(7-9-16)18-4-1-5-19(22(18)25)23(30)28-20-13-27-11-10-21(20)29-12-2-3-17(26)14-29/h1,4-11,13,17H,2-3,12,14,26H2,(H,28,30)/t17-/m0/s1. The number of hydrogen-bond donors (Lipinski definition) is 2. The average Bonchev–Trinajstić information content (AvgIpc) is 2.75. The molecule has 1 fully saturated rings. The number of nitrogens with two attached hydrogens (primary N) is 1. The first-order valence-corrected chi connectivity index (χ1v) is 9.83. The lowest BCUT2D eigenvalue weighted by Crippen LogP contribution is -2.43. The lowest BCUT2D eigenvalue weighted by molar-refractivity contribution is 0.102. The van der Waals surface area contributed by atoms with Gasteiger partial charge in [0.05, 0.1) is 23.1 Å². The molecule has 0 aliphatic carbocycles. The highest BCUT2D eigenvalue weighted by Gasteiger charge is 2.22. The fourth-order valence-electron chi connectivity index (χ4n) is 3.74. The van der Waals surface area contributed by atoms with E-state index in [0.29, 0.717) is 17.8 Å². The molecule has 2 heterocycles. The highest BCUT2D eigenvalue weighted by atomic mass is 19.1. The first kappa shape index (κ1) is 20.0. The molecule has 3 N–H and O–H groups in total. The number of carbonyl (C=O) groups excluding carboxylic acids is 1. The Morgan fingerprint density at radius 1 is 1.13 bits per heavy atom. The lowest BCUT2D eigenvalue weighted by atomic mass is 10.0. The molecule has 3 aromatic rings. The number of piperidine rings is 1. The second-order valence-corrected chi connectivity index (χ2v) is 7.37. The fraction of sp³-hybridized carbons (Fsp3) is 0.217. The van der Waals surface area contributed by atoms with Crippen LogP contribution in [0.25, 0.3) is 11.1 Å². The molecule has 30 heavy (non-hydrogen) atoms. The van der Waals surface area contributed by atoms with E-state index < -0.39 is 17.5 Å². The van der Waals surface area contributed by atoms with E-state index in [-0.39, 0.29) is 17.2 Å². The summed E-state index contributed by atoms with van der Waals surface area (Å²) in [4.78, 5) is 19.1. The Bertz CT molecular complexity index is 1060. The third-order valence-electron chi connectivity index (χ3n) is 5.24. The summed E-state index contributed by atoms with van der Waals surface area (Å²) in [6.07, 6.45) is 5.13. The third-order valence-corrected chi connectivity index (χ3v) is 5.24. The average molecular weight is 408 g/mol. The summed E-state index contributed by atoms with van der Waals surface area (Å²) in [6, 6.07) is 11.9. The van der Waals surface area contributed by atoms with Gasteiger partial charge in [-0.05, 0) is 42.7 Å². The molecule has 0 saturated carbocycles. The highest BCUT2D eigenvalue weighted by Crippen LogP contribution is 2.29. The van der Waals surface area contributed by atoms with Crippen molar-refractivity contribution in [1.29, 1.82) is 0 Å². The first-order chi connectivity index (χ1) is 14.5. The lowest BCUT2D eigenvalue weighted by Gasteiger charge is -2.33. The smallest absolute Gasteiger partial charge is 0.258 e. The number of nitrogens with zero attached hydrogens (tertiary/aromatic N) is 2. The van der Waals surface area contributed by atoms with Crippen molar-refractivity contribution < 1.29 is 13.6 Å². The predicted octanol–water partition coefficient (Wildman–Crippen LogP) is 4.21. The maximum Gasteiger partial charge on any atom is 0.258 e. The second kappa shape index (κ2) is 8.59. The number of carbonyl (C=O) groups is 1. The van der Waals surface area contributed by atoms with Crippen LogP contribution in [0.1, 0.15) is 23.2 Å². The van der Waals surface area contributed by atoms with Crippen LogP contribution >= 0.6 is 0 Å². The molecule has 1 aliphatic rings. The van der Waals surface area contributed by atoms with Gasteiger partial charge in [-0.1, -0.05) is 24.3 Å². The van der Waals surface area contributed by atoms with Gasteiger partial charge in [-0.2, -0.15) is 0 Å². The maximum atomic E-state index is 15.1. The molecular weight excluding hydrogens is 386 g/mol. The van der Waals surface area contributed by atoms with E-state index >= 15 is 4.39 Å². The number of nitrogens with one attached hydrogen (secondary N) is 1. The zero-order chi connectivity index (χ0) is 21.1. The van der Waals surface area contributed by atoms with Crippen molar-refractivity contribution in [2.45, 2.75) is 18.9 Å². The molecule has 0 radical (unpaired) electrons. The summed E-state index contributed by atoms with van der Waals surface area (Å²) in [5, 5.41) is 2.78. The van der Waals surface area contributed by atoms with E-state index in [2.05, 4.69) is 15.2 Å². The van der Waals surface area contributed by atoms with Crippen molar-refractivity contribution in [3.05, 3.63) is 78.1 Å². The van der Waals surface area contributed by atoms with Gasteiger partial charge in [0.25, 0.3) is 5.91 Å². The number of amides is 1. The molecule has 0 spiro atoms. The van der Waals surface area contributed by atoms with Gasteiger partial charge in [0.2, 0.25) is 0 Å². The Kier molecular flexibility index (Phi) is 5.72. The van der Waals surface area contributed by atoms with Gasteiger partial charge in [-0.25, -0.2) is 8.78 Å². The van der Waals surface area contributed by atoms with Gasteiger partial charge in [-0.3, -0.25) is 9.78 Å². The number of anilines is 2. The van der Waals surface area contributed by atoms with Gasteiger partial charge in [0, 0.05) is 30.9 Å². The Labute approximate surface area is 173 Å². The van der Waals surface area contributed by atoms with E-state index in [9.17, 15) is 9.18 Å². The van der Waals surface area contributed by atoms with Crippen LogP contribution in [0.4, 0.5) is 20.2 Å². The second-order valence-electron chi connectivity index (χ2n) is 7.37. The molecule has 0 unspecified atom stereocenters. The molecule has 0 bridgehead atoms. The molecule has 1 aromatic heterocycles. The van der Waals surface area contributed by atoms with E-state index in [4.69, 9.17) is 5.73 Å². The van der Waals surface area contributed by atoms with Crippen molar-refractivity contribution in [1.82, 2.24) is 4.98 Å². The summed E-state index contributed by atoms with van der Waals surface area (Å²) in [6.45, 7) is 1.51. The number of halogens is 2. The molecule has 4 rings (SSSR count). The van der Waals surface area contributed by atoms with E-state index in [1.165, 1.54) is 30.3 Å². The van der Waals surface area contributed by atoms with Crippen LogP contribution in [-0.2, 0) is 0 Å². The fourth-order valence-corrected chi connectivity index (χ4v) is 3.74. The minimum Gasteiger partial charge on any atom is -0.368 e. The summed E-state index contributed by atoms with van der Waals surface area (Å²) < 4.78 is 28.3. The van der Waals surface area contributed by atoms with Crippen molar-refractivity contribution in [2.24, 2.45) is 5.73 Å². The molecule has 1 aliphatic heterocycles. The van der Waals surface area contributed by atoms with Crippen LogP contribution in [0.2, 0.25) is 0 Å². The van der Waals surface area contributed by atoms with Crippen molar-refractivity contribution in [3.8, 4) is 11.1 Å². The number of pyridine rings is 1. The Morgan fingerprint density at radius 3 is 2.70 bits per heavy atom.